The number of hydrogen-bond acceptors (Lipinski definition) is 4. The van der Waals surface area contributed by atoms with E-state index in [9.17, 15) is 0 Å². The van der Waals surface area contributed by atoms with Crippen LogP contribution in [-0.2, 0) is 0 Å². The molecule has 1 aliphatic rings. The van der Waals surface area contributed by atoms with E-state index in [2.05, 4.69) is 81.9 Å². The Balaban J connectivity index is 1.60. The third kappa shape index (κ3) is 2.69. The maximum Gasteiger partial charge on any atom is 0.0553 e. The van der Waals surface area contributed by atoms with Gasteiger partial charge in [0.05, 0.1) is 11.4 Å². The fourth-order valence-electron chi connectivity index (χ4n) is 3.44. The Hall–Kier alpha value is -2.01. The summed E-state index contributed by atoms with van der Waals surface area (Å²) in [7, 11) is 0. The molecular weight excluding hydrogens is 374 g/mol. The number of nitrogens with zero attached hydrogens (tertiary/aromatic N) is 1. The summed E-state index contributed by atoms with van der Waals surface area (Å²) < 4.78 is 0. The van der Waals surface area contributed by atoms with Gasteiger partial charge in [0.25, 0.3) is 0 Å². The van der Waals surface area contributed by atoms with Crippen LogP contribution >= 0.6 is 34.4 Å². The summed E-state index contributed by atoms with van der Waals surface area (Å²) >= 11 is 5.39. The Morgan fingerprint density at radius 1 is 0.692 bits per heavy atom. The molecule has 0 atom stereocenters. The van der Waals surface area contributed by atoms with Crippen LogP contribution in [0.25, 0.3) is 22.3 Å². The molecule has 0 radical (unpaired) electrons. The summed E-state index contributed by atoms with van der Waals surface area (Å²) in [5, 5.41) is 8.72. The van der Waals surface area contributed by atoms with Crippen LogP contribution < -0.4 is 4.90 Å². The van der Waals surface area contributed by atoms with Crippen LogP contribution in [0, 0.1) is 0 Å². The molecule has 0 N–H and O–H groups in total. The Bertz CT molecular complexity index is 965. The first-order valence-corrected chi connectivity index (χ1v) is 11.3. The van der Waals surface area contributed by atoms with Gasteiger partial charge in [-0.1, -0.05) is 23.9 Å². The highest BCUT2D eigenvalue weighted by molar-refractivity contribution is 7.99. The standard InChI is InChI=1S/C22H17NS3/c1-2-23-19-5-3-15(17-7-9-24-13-17)11-21(19)26-22-12-16(4-6-20(22)23)18-8-10-25-14-18/h3-14H,2H2,1H3. The van der Waals surface area contributed by atoms with E-state index < -0.39 is 0 Å². The van der Waals surface area contributed by atoms with Gasteiger partial charge in [-0.15, -0.1) is 0 Å². The zero-order chi connectivity index (χ0) is 17.5. The van der Waals surface area contributed by atoms with Crippen molar-refractivity contribution in [2.24, 2.45) is 0 Å². The Kier molecular flexibility index (Phi) is 4.12. The average Bonchev–Trinajstić information content (AvgIpc) is 3.39. The van der Waals surface area contributed by atoms with E-state index in [0.717, 1.165) is 6.54 Å². The zero-order valence-electron chi connectivity index (χ0n) is 14.3. The number of anilines is 2. The van der Waals surface area contributed by atoms with Crippen molar-refractivity contribution >= 4 is 45.8 Å². The van der Waals surface area contributed by atoms with Crippen LogP contribution in [-0.4, -0.2) is 6.54 Å². The lowest BCUT2D eigenvalue weighted by molar-refractivity contribution is 0.980. The first-order valence-electron chi connectivity index (χ1n) is 8.62. The van der Waals surface area contributed by atoms with E-state index in [4.69, 9.17) is 0 Å². The molecule has 2 aromatic carbocycles. The molecule has 2 aromatic heterocycles. The molecule has 1 nitrogen and oxygen atoms in total. The summed E-state index contributed by atoms with van der Waals surface area (Å²) in [5.74, 6) is 0. The minimum Gasteiger partial charge on any atom is -0.340 e. The summed E-state index contributed by atoms with van der Waals surface area (Å²) in [6, 6.07) is 18.1. The average molecular weight is 392 g/mol. The third-order valence-corrected chi connectivity index (χ3v) is 7.21. The van der Waals surface area contributed by atoms with E-state index in [1.165, 1.54) is 43.4 Å². The van der Waals surface area contributed by atoms with Crippen molar-refractivity contribution < 1.29 is 0 Å². The van der Waals surface area contributed by atoms with Crippen LogP contribution in [0.3, 0.4) is 0 Å². The van der Waals surface area contributed by atoms with Crippen LogP contribution in [0.5, 0.6) is 0 Å². The molecule has 0 saturated carbocycles. The lowest BCUT2D eigenvalue weighted by atomic mass is 10.1. The summed E-state index contributed by atoms with van der Waals surface area (Å²) in [6.45, 7) is 3.19. The molecular formula is C22H17NS3. The number of fused-ring (bicyclic) bond motifs is 2. The summed E-state index contributed by atoms with van der Waals surface area (Å²) in [6.07, 6.45) is 0. The van der Waals surface area contributed by atoms with Gasteiger partial charge in [0.2, 0.25) is 0 Å². The van der Waals surface area contributed by atoms with E-state index in [1.54, 1.807) is 22.7 Å². The molecule has 0 saturated heterocycles. The van der Waals surface area contributed by atoms with Gasteiger partial charge in [-0.2, -0.15) is 22.7 Å². The highest BCUT2D eigenvalue weighted by Gasteiger charge is 2.23. The Morgan fingerprint density at radius 2 is 1.23 bits per heavy atom. The predicted molar refractivity (Wildman–Crippen MR) is 116 cm³/mol. The fraction of sp³-hybridized carbons (Fsp3) is 0.0909. The number of thiophene rings is 2. The smallest absolute Gasteiger partial charge is 0.0553 e. The van der Waals surface area contributed by atoms with Crippen molar-refractivity contribution in [3.63, 3.8) is 0 Å². The summed E-state index contributed by atoms with van der Waals surface area (Å²) in [4.78, 5) is 5.10. The molecule has 4 heteroatoms. The second-order valence-electron chi connectivity index (χ2n) is 6.24. The molecule has 0 unspecified atom stereocenters. The minimum absolute atomic E-state index is 0.968. The molecule has 0 fully saturated rings. The maximum absolute atomic E-state index is 2.43. The van der Waals surface area contributed by atoms with Crippen LogP contribution in [0.15, 0.2) is 79.8 Å². The molecule has 128 valence electrons. The van der Waals surface area contributed by atoms with E-state index in [0.29, 0.717) is 0 Å². The van der Waals surface area contributed by atoms with Gasteiger partial charge < -0.3 is 4.90 Å². The first-order chi connectivity index (χ1) is 12.8. The largest absolute Gasteiger partial charge is 0.340 e. The number of hydrogen-bond donors (Lipinski definition) is 0. The maximum atomic E-state index is 2.43. The topological polar surface area (TPSA) is 3.24 Å². The van der Waals surface area contributed by atoms with Gasteiger partial charge in [0, 0.05) is 16.3 Å². The van der Waals surface area contributed by atoms with Crippen molar-refractivity contribution in [3.05, 3.63) is 70.1 Å². The normalized spacial score (nSPS) is 12.7. The van der Waals surface area contributed by atoms with Gasteiger partial charge >= 0.3 is 0 Å². The van der Waals surface area contributed by atoms with Gasteiger partial charge in [-0.05, 0) is 87.1 Å². The molecule has 26 heavy (non-hydrogen) atoms. The van der Waals surface area contributed by atoms with Gasteiger partial charge in [0.1, 0.15) is 0 Å². The molecule has 5 rings (SSSR count). The van der Waals surface area contributed by atoms with Crippen molar-refractivity contribution in [2.45, 2.75) is 16.7 Å². The lowest BCUT2D eigenvalue weighted by Crippen LogP contribution is -2.19. The minimum atomic E-state index is 0.968. The predicted octanol–water partition coefficient (Wildman–Crippen LogP) is 7.77. The van der Waals surface area contributed by atoms with Crippen molar-refractivity contribution in [1.29, 1.82) is 0 Å². The SMILES string of the molecule is CCN1c2ccc(-c3ccsc3)cc2Sc2cc(-c3ccsc3)ccc21. The quantitative estimate of drug-likeness (QED) is 0.351. The highest BCUT2D eigenvalue weighted by Crippen LogP contribution is 2.50. The van der Waals surface area contributed by atoms with Crippen molar-refractivity contribution in [1.82, 2.24) is 0 Å². The number of rotatable bonds is 3. The molecule has 3 heterocycles. The van der Waals surface area contributed by atoms with Crippen LogP contribution in [0.1, 0.15) is 6.92 Å². The molecule has 0 aliphatic carbocycles. The molecule has 4 aromatic rings. The van der Waals surface area contributed by atoms with Gasteiger partial charge in [-0.25, -0.2) is 0 Å². The first kappa shape index (κ1) is 16.2. The highest BCUT2D eigenvalue weighted by atomic mass is 32.2. The molecule has 1 aliphatic heterocycles. The zero-order valence-corrected chi connectivity index (χ0v) is 16.8. The van der Waals surface area contributed by atoms with E-state index >= 15 is 0 Å². The molecule has 0 spiro atoms. The number of benzene rings is 2. The van der Waals surface area contributed by atoms with Gasteiger partial charge in [0.15, 0.2) is 0 Å². The van der Waals surface area contributed by atoms with Gasteiger partial charge in [-0.3, -0.25) is 0 Å². The Labute approximate surface area is 165 Å². The van der Waals surface area contributed by atoms with Crippen molar-refractivity contribution in [2.75, 3.05) is 11.4 Å². The second kappa shape index (κ2) is 6.62. The van der Waals surface area contributed by atoms with E-state index in [-0.39, 0.29) is 0 Å². The fourth-order valence-corrected chi connectivity index (χ4v) is 5.95. The van der Waals surface area contributed by atoms with Crippen LogP contribution in [0.4, 0.5) is 11.4 Å². The molecule has 0 amide bonds. The summed E-state index contributed by atoms with van der Waals surface area (Å²) in [5.41, 5.74) is 7.83. The Morgan fingerprint density at radius 3 is 1.65 bits per heavy atom. The second-order valence-corrected chi connectivity index (χ2v) is 8.88. The van der Waals surface area contributed by atoms with Crippen molar-refractivity contribution in [3.8, 4) is 22.3 Å². The van der Waals surface area contributed by atoms with Crippen LogP contribution in [0.2, 0.25) is 0 Å². The van der Waals surface area contributed by atoms with E-state index in [1.807, 2.05) is 11.8 Å². The monoisotopic (exact) mass is 391 g/mol. The molecule has 0 bridgehead atoms. The third-order valence-electron chi connectivity index (χ3n) is 4.75. The lowest BCUT2D eigenvalue weighted by Gasteiger charge is -2.32.